The molecule has 2 aromatic heterocycles. The molecule has 0 saturated carbocycles. The largest absolute Gasteiger partial charge is 0.313 e. The Morgan fingerprint density at radius 1 is 1.57 bits per heavy atom. The maximum absolute atomic E-state index is 4.32. The molecule has 0 fully saturated rings. The van der Waals surface area contributed by atoms with Crippen molar-refractivity contribution in [3.05, 3.63) is 34.5 Å². The van der Waals surface area contributed by atoms with E-state index in [1.165, 1.54) is 5.56 Å². The molecule has 0 aromatic carbocycles. The molecular weight excluding hydrogens is 196 g/mol. The quantitative estimate of drug-likeness (QED) is 0.818. The van der Waals surface area contributed by atoms with Gasteiger partial charge in [0.25, 0.3) is 0 Å². The van der Waals surface area contributed by atoms with Gasteiger partial charge in [0.2, 0.25) is 0 Å². The Morgan fingerprint density at radius 3 is 3.21 bits per heavy atom. The number of rotatable bonds is 4. The summed E-state index contributed by atoms with van der Waals surface area (Å²) in [5, 5.41) is 11.5. The third-order valence-electron chi connectivity index (χ3n) is 1.84. The van der Waals surface area contributed by atoms with Gasteiger partial charge in [0.15, 0.2) is 5.82 Å². The van der Waals surface area contributed by atoms with Crippen LogP contribution in [0.2, 0.25) is 0 Å². The summed E-state index contributed by atoms with van der Waals surface area (Å²) < 4.78 is 1.86. The topological polar surface area (TPSA) is 42.7 Å². The van der Waals surface area contributed by atoms with Crippen molar-refractivity contribution in [3.63, 3.8) is 0 Å². The highest BCUT2D eigenvalue weighted by Gasteiger charge is 2.00. The highest BCUT2D eigenvalue weighted by atomic mass is 32.1. The van der Waals surface area contributed by atoms with E-state index in [0.717, 1.165) is 18.9 Å². The molecular formula is C9H12N4S. The summed E-state index contributed by atoms with van der Waals surface area (Å²) >= 11 is 1.70. The Labute approximate surface area is 86.6 Å². The Kier molecular flexibility index (Phi) is 2.90. The first-order valence-corrected chi connectivity index (χ1v) is 5.37. The summed E-state index contributed by atoms with van der Waals surface area (Å²) in [4.78, 5) is 4.18. The molecule has 74 valence electrons. The minimum atomic E-state index is 0.719. The SMILES string of the molecule is CNCc1ncn(Cc2ccsc2)n1. The molecule has 0 bridgehead atoms. The Morgan fingerprint density at radius 2 is 2.50 bits per heavy atom. The first kappa shape index (κ1) is 9.36. The standard InChI is InChI=1S/C9H12N4S/c1-10-4-9-11-7-13(12-9)5-8-2-3-14-6-8/h2-3,6-7,10H,4-5H2,1H3. The minimum Gasteiger partial charge on any atom is -0.313 e. The molecule has 0 amide bonds. The van der Waals surface area contributed by atoms with E-state index in [4.69, 9.17) is 0 Å². The van der Waals surface area contributed by atoms with Crippen molar-refractivity contribution in [1.29, 1.82) is 0 Å². The van der Waals surface area contributed by atoms with Crippen LogP contribution < -0.4 is 5.32 Å². The van der Waals surface area contributed by atoms with Crippen molar-refractivity contribution >= 4 is 11.3 Å². The maximum Gasteiger partial charge on any atom is 0.164 e. The third-order valence-corrected chi connectivity index (χ3v) is 2.58. The van der Waals surface area contributed by atoms with E-state index < -0.39 is 0 Å². The first-order valence-electron chi connectivity index (χ1n) is 4.42. The van der Waals surface area contributed by atoms with Crippen LogP contribution in [-0.2, 0) is 13.1 Å². The van der Waals surface area contributed by atoms with Crippen LogP contribution >= 0.6 is 11.3 Å². The van der Waals surface area contributed by atoms with Crippen molar-refractivity contribution in [3.8, 4) is 0 Å². The van der Waals surface area contributed by atoms with Gasteiger partial charge in [-0.3, -0.25) is 0 Å². The van der Waals surface area contributed by atoms with Crippen LogP contribution in [0.1, 0.15) is 11.4 Å². The van der Waals surface area contributed by atoms with Crippen LogP contribution in [0.25, 0.3) is 0 Å². The molecule has 1 N–H and O–H groups in total. The van der Waals surface area contributed by atoms with E-state index in [-0.39, 0.29) is 0 Å². The molecule has 14 heavy (non-hydrogen) atoms. The van der Waals surface area contributed by atoms with Crippen molar-refractivity contribution in [1.82, 2.24) is 20.1 Å². The van der Waals surface area contributed by atoms with E-state index in [2.05, 4.69) is 32.2 Å². The van der Waals surface area contributed by atoms with Gasteiger partial charge in [-0.2, -0.15) is 16.4 Å². The fourth-order valence-electron chi connectivity index (χ4n) is 1.22. The number of nitrogens with one attached hydrogen (secondary N) is 1. The van der Waals surface area contributed by atoms with E-state index in [1.807, 2.05) is 11.7 Å². The zero-order chi connectivity index (χ0) is 9.80. The second kappa shape index (κ2) is 4.34. The van der Waals surface area contributed by atoms with E-state index in [1.54, 1.807) is 17.7 Å². The van der Waals surface area contributed by atoms with Crippen LogP contribution in [0, 0.1) is 0 Å². The Bertz CT molecular complexity index is 379. The van der Waals surface area contributed by atoms with Gasteiger partial charge in [0, 0.05) is 0 Å². The van der Waals surface area contributed by atoms with Crippen LogP contribution in [0.5, 0.6) is 0 Å². The van der Waals surface area contributed by atoms with Crippen LogP contribution in [0.15, 0.2) is 23.2 Å². The normalized spacial score (nSPS) is 10.6. The summed E-state index contributed by atoms with van der Waals surface area (Å²) in [5.41, 5.74) is 1.27. The minimum absolute atomic E-state index is 0.719. The summed E-state index contributed by atoms with van der Waals surface area (Å²) in [5.74, 6) is 0.836. The number of aromatic nitrogens is 3. The molecule has 0 saturated heterocycles. The summed E-state index contributed by atoms with van der Waals surface area (Å²) in [6.07, 6.45) is 1.77. The van der Waals surface area contributed by atoms with Gasteiger partial charge in [0.1, 0.15) is 6.33 Å². The number of hydrogen-bond donors (Lipinski definition) is 1. The van der Waals surface area contributed by atoms with Crippen molar-refractivity contribution in [2.45, 2.75) is 13.1 Å². The molecule has 0 spiro atoms. The van der Waals surface area contributed by atoms with Crippen molar-refractivity contribution in [2.75, 3.05) is 7.05 Å². The zero-order valence-electron chi connectivity index (χ0n) is 7.97. The monoisotopic (exact) mass is 208 g/mol. The molecule has 0 radical (unpaired) electrons. The highest BCUT2D eigenvalue weighted by molar-refractivity contribution is 7.07. The molecule has 0 unspecified atom stereocenters. The molecule has 2 heterocycles. The fraction of sp³-hybridized carbons (Fsp3) is 0.333. The van der Waals surface area contributed by atoms with Crippen molar-refractivity contribution in [2.24, 2.45) is 0 Å². The van der Waals surface area contributed by atoms with E-state index in [9.17, 15) is 0 Å². The van der Waals surface area contributed by atoms with Gasteiger partial charge in [-0.1, -0.05) is 0 Å². The molecule has 2 rings (SSSR count). The van der Waals surface area contributed by atoms with Crippen molar-refractivity contribution < 1.29 is 0 Å². The second-order valence-electron chi connectivity index (χ2n) is 3.02. The fourth-order valence-corrected chi connectivity index (χ4v) is 1.88. The number of nitrogens with zero attached hydrogens (tertiary/aromatic N) is 3. The summed E-state index contributed by atoms with van der Waals surface area (Å²) in [7, 11) is 1.89. The van der Waals surface area contributed by atoms with Gasteiger partial charge in [-0.25, -0.2) is 9.67 Å². The lowest BCUT2D eigenvalue weighted by molar-refractivity contribution is 0.660. The maximum atomic E-state index is 4.32. The zero-order valence-corrected chi connectivity index (χ0v) is 8.79. The van der Waals surface area contributed by atoms with Gasteiger partial charge in [-0.05, 0) is 29.4 Å². The smallest absolute Gasteiger partial charge is 0.164 e. The summed E-state index contributed by atoms with van der Waals surface area (Å²) in [6, 6.07) is 2.10. The first-order chi connectivity index (χ1) is 6.88. The summed E-state index contributed by atoms with van der Waals surface area (Å²) in [6.45, 7) is 1.52. The Balaban J connectivity index is 2.03. The predicted octanol–water partition coefficient (Wildman–Crippen LogP) is 1.11. The average Bonchev–Trinajstić information content (AvgIpc) is 2.79. The molecule has 0 atom stereocenters. The van der Waals surface area contributed by atoms with E-state index in [0.29, 0.717) is 0 Å². The number of hydrogen-bond acceptors (Lipinski definition) is 4. The molecule has 2 aromatic rings. The lowest BCUT2D eigenvalue weighted by atomic mass is 10.3. The molecule has 4 nitrogen and oxygen atoms in total. The lowest BCUT2D eigenvalue weighted by Gasteiger charge is -1.96. The van der Waals surface area contributed by atoms with E-state index >= 15 is 0 Å². The predicted molar refractivity (Wildman–Crippen MR) is 56.2 cm³/mol. The van der Waals surface area contributed by atoms with Gasteiger partial charge >= 0.3 is 0 Å². The number of thiophene rings is 1. The second-order valence-corrected chi connectivity index (χ2v) is 3.80. The van der Waals surface area contributed by atoms with Crippen LogP contribution in [0.3, 0.4) is 0 Å². The van der Waals surface area contributed by atoms with Crippen LogP contribution in [0.4, 0.5) is 0 Å². The third kappa shape index (κ3) is 2.18. The lowest BCUT2D eigenvalue weighted by Crippen LogP contribution is -2.08. The highest BCUT2D eigenvalue weighted by Crippen LogP contribution is 2.07. The molecule has 5 heteroatoms. The van der Waals surface area contributed by atoms with Crippen LogP contribution in [-0.4, -0.2) is 21.8 Å². The van der Waals surface area contributed by atoms with Gasteiger partial charge in [-0.15, -0.1) is 0 Å². The van der Waals surface area contributed by atoms with Gasteiger partial charge < -0.3 is 5.32 Å². The average molecular weight is 208 g/mol. The molecule has 0 aliphatic rings. The molecule has 0 aliphatic carbocycles. The van der Waals surface area contributed by atoms with Gasteiger partial charge in [0.05, 0.1) is 13.1 Å². The molecule has 0 aliphatic heterocycles. The Hall–Kier alpha value is -1.20.